The van der Waals surface area contributed by atoms with Gasteiger partial charge in [-0.2, -0.15) is 4.98 Å². The Morgan fingerprint density at radius 1 is 1.25 bits per heavy atom. The molecule has 6 nitrogen and oxygen atoms in total. The largest absolute Gasteiger partial charge is 0.473 e. The SMILES string of the molecule is COCc1nc(NN)cc(OCc2ccccc2F)n1. The number of halogens is 1. The van der Waals surface area contributed by atoms with E-state index in [4.69, 9.17) is 15.3 Å². The first kappa shape index (κ1) is 14.2. The van der Waals surface area contributed by atoms with Gasteiger partial charge < -0.3 is 14.9 Å². The Hall–Kier alpha value is -2.25. The first-order chi connectivity index (χ1) is 9.72. The minimum Gasteiger partial charge on any atom is -0.473 e. The third-order valence-electron chi connectivity index (χ3n) is 2.50. The van der Waals surface area contributed by atoms with Crippen molar-refractivity contribution < 1.29 is 13.9 Å². The molecule has 1 aromatic heterocycles. The Kier molecular flexibility index (Phi) is 4.80. The lowest BCUT2D eigenvalue weighted by molar-refractivity contribution is 0.176. The van der Waals surface area contributed by atoms with Gasteiger partial charge in [-0.05, 0) is 6.07 Å². The number of aromatic nitrogens is 2. The van der Waals surface area contributed by atoms with Gasteiger partial charge >= 0.3 is 0 Å². The highest BCUT2D eigenvalue weighted by atomic mass is 19.1. The number of ether oxygens (including phenoxy) is 2. The molecular formula is C13H15FN4O2. The van der Waals surface area contributed by atoms with Crippen molar-refractivity contribution in [1.29, 1.82) is 0 Å². The van der Waals surface area contributed by atoms with Gasteiger partial charge in [0.05, 0.1) is 0 Å². The van der Waals surface area contributed by atoms with E-state index in [1.165, 1.54) is 19.2 Å². The molecule has 0 spiro atoms. The number of rotatable bonds is 6. The summed E-state index contributed by atoms with van der Waals surface area (Å²) in [6, 6.07) is 7.91. The average molecular weight is 278 g/mol. The van der Waals surface area contributed by atoms with E-state index >= 15 is 0 Å². The summed E-state index contributed by atoms with van der Waals surface area (Å²) in [6.45, 7) is 0.297. The number of hydrogen-bond donors (Lipinski definition) is 2. The molecule has 0 fully saturated rings. The van der Waals surface area contributed by atoms with Crippen molar-refractivity contribution in [3.63, 3.8) is 0 Å². The van der Waals surface area contributed by atoms with Crippen molar-refractivity contribution in [1.82, 2.24) is 9.97 Å². The van der Waals surface area contributed by atoms with Crippen molar-refractivity contribution in [2.75, 3.05) is 12.5 Å². The predicted molar refractivity (Wildman–Crippen MR) is 71.3 cm³/mol. The number of nitrogens with two attached hydrogens (primary N) is 1. The maximum absolute atomic E-state index is 13.5. The predicted octanol–water partition coefficient (Wildman–Crippen LogP) is 1.63. The highest BCUT2D eigenvalue weighted by Crippen LogP contribution is 2.16. The topological polar surface area (TPSA) is 82.3 Å². The van der Waals surface area contributed by atoms with Gasteiger partial charge in [-0.25, -0.2) is 15.2 Å². The third kappa shape index (κ3) is 3.62. The molecule has 0 aliphatic rings. The Bertz CT molecular complexity index is 580. The van der Waals surface area contributed by atoms with Crippen molar-refractivity contribution in [2.45, 2.75) is 13.2 Å². The van der Waals surface area contributed by atoms with Crippen LogP contribution in [0, 0.1) is 5.82 Å². The molecule has 0 aliphatic carbocycles. The van der Waals surface area contributed by atoms with E-state index < -0.39 is 0 Å². The van der Waals surface area contributed by atoms with Gasteiger partial charge in [0, 0.05) is 18.7 Å². The number of hydrogen-bond acceptors (Lipinski definition) is 6. The van der Waals surface area contributed by atoms with E-state index in [1.807, 2.05) is 0 Å². The highest BCUT2D eigenvalue weighted by molar-refractivity contribution is 5.37. The average Bonchev–Trinajstić information content (AvgIpc) is 2.46. The molecule has 0 saturated heterocycles. The van der Waals surface area contributed by atoms with Crippen LogP contribution in [0.4, 0.5) is 10.2 Å². The number of anilines is 1. The minimum absolute atomic E-state index is 0.0696. The smallest absolute Gasteiger partial charge is 0.219 e. The Morgan fingerprint density at radius 3 is 2.75 bits per heavy atom. The van der Waals surface area contributed by atoms with Crippen molar-refractivity contribution in [2.24, 2.45) is 5.84 Å². The molecule has 0 saturated carbocycles. The fraction of sp³-hybridized carbons (Fsp3) is 0.231. The second kappa shape index (κ2) is 6.78. The summed E-state index contributed by atoms with van der Waals surface area (Å²) < 4.78 is 23.9. The van der Waals surface area contributed by atoms with Crippen LogP contribution in [0.2, 0.25) is 0 Å². The first-order valence-corrected chi connectivity index (χ1v) is 5.92. The van der Waals surface area contributed by atoms with Crippen molar-refractivity contribution in [3.8, 4) is 5.88 Å². The number of nitrogens with one attached hydrogen (secondary N) is 1. The van der Waals surface area contributed by atoms with Gasteiger partial charge in [0.25, 0.3) is 0 Å². The lowest BCUT2D eigenvalue weighted by Crippen LogP contribution is -2.12. The van der Waals surface area contributed by atoms with Crippen LogP contribution in [0.1, 0.15) is 11.4 Å². The normalized spacial score (nSPS) is 10.3. The summed E-state index contributed by atoms with van der Waals surface area (Å²) in [5, 5.41) is 0. The van der Waals surface area contributed by atoms with Crippen LogP contribution in [-0.4, -0.2) is 17.1 Å². The summed E-state index contributed by atoms with van der Waals surface area (Å²) in [5.74, 6) is 6.11. The maximum Gasteiger partial charge on any atom is 0.219 e. The van der Waals surface area contributed by atoms with E-state index in [1.54, 1.807) is 18.2 Å². The van der Waals surface area contributed by atoms with Crippen LogP contribution in [0.15, 0.2) is 30.3 Å². The first-order valence-electron chi connectivity index (χ1n) is 5.92. The molecule has 0 amide bonds. The number of nitrogen functional groups attached to an aromatic ring is 1. The summed E-state index contributed by atoms with van der Waals surface area (Å²) >= 11 is 0. The monoisotopic (exact) mass is 278 g/mol. The zero-order chi connectivity index (χ0) is 14.4. The maximum atomic E-state index is 13.5. The van der Waals surface area contributed by atoms with Crippen molar-refractivity contribution in [3.05, 3.63) is 47.5 Å². The second-order valence-electron chi connectivity index (χ2n) is 3.97. The molecule has 20 heavy (non-hydrogen) atoms. The molecule has 0 aliphatic heterocycles. The molecule has 7 heteroatoms. The molecular weight excluding hydrogens is 263 g/mol. The van der Waals surface area contributed by atoms with Crippen LogP contribution in [-0.2, 0) is 18.0 Å². The van der Waals surface area contributed by atoms with Crippen LogP contribution in [0.5, 0.6) is 5.88 Å². The molecule has 106 valence electrons. The van der Waals surface area contributed by atoms with Gasteiger partial charge in [0.1, 0.15) is 24.8 Å². The number of methoxy groups -OCH3 is 1. The molecule has 1 heterocycles. The summed E-state index contributed by atoms with van der Waals surface area (Å²) in [5.41, 5.74) is 2.86. The van der Waals surface area contributed by atoms with Crippen LogP contribution < -0.4 is 16.0 Å². The number of hydrazine groups is 1. The summed E-state index contributed by atoms with van der Waals surface area (Å²) in [7, 11) is 1.53. The fourth-order valence-corrected chi connectivity index (χ4v) is 1.58. The summed E-state index contributed by atoms with van der Waals surface area (Å²) in [6.07, 6.45) is 0. The van der Waals surface area contributed by atoms with E-state index in [-0.39, 0.29) is 19.0 Å². The van der Waals surface area contributed by atoms with Gasteiger partial charge in [-0.15, -0.1) is 0 Å². The molecule has 2 rings (SSSR count). The Balaban J connectivity index is 2.12. The molecule has 1 aromatic carbocycles. The van der Waals surface area contributed by atoms with Gasteiger partial charge in [-0.3, -0.25) is 0 Å². The molecule has 0 unspecified atom stereocenters. The Labute approximate surface area is 115 Å². The highest BCUT2D eigenvalue weighted by Gasteiger charge is 2.07. The van der Waals surface area contributed by atoms with Gasteiger partial charge in [0.2, 0.25) is 5.88 Å². The van der Waals surface area contributed by atoms with Crippen LogP contribution >= 0.6 is 0 Å². The van der Waals surface area contributed by atoms with E-state index in [0.717, 1.165) is 0 Å². The zero-order valence-corrected chi connectivity index (χ0v) is 11.0. The standard InChI is InChI=1S/C13H15FN4O2/c1-19-8-12-16-11(18-15)6-13(17-12)20-7-9-4-2-3-5-10(9)14/h2-6H,7-8,15H2,1H3,(H,16,17,18). The number of nitrogens with zero attached hydrogens (tertiary/aromatic N) is 2. The third-order valence-corrected chi connectivity index (χ3v) is 2.50. The molecule has 2 aromatic rings. The van der Waals surface area contributed by atoms with E-state index in [9.17, 15) is 4.39 Å². The summed E-state index contributed by atoms with van der Waals surface area (Å²) in [4.78, 5) is 8.23. The number of benzene rings is 1. The second-order valence-corrected chi connectivity index (χ2v) is 3.97. The molecule has 0 atom stereocenters. The minimum atomic E-state index is -0.323. The van der Waals surface area contributed by atoms with E-state index in [2.05, 4.69) is 15.4 Å². The lowest BCUT2D eigenvalue weighted by Gasteiger charge is -2.09. The van der Waals surface area contributed by atoms with Crippen LogP contribution in [0.3, 0.4) is 0 Å². The Morgan fingerprint density at radius 2 is 2.05 bits per heavy atom. The molecule has 3 N–H and O–H groups in total. The zero-order valence-electron chi connectivity index (χ0n) is 11.0. The van der Waals surface area contributed by atoms with Crippen LogP contribution in [0.25, 0.3) is 0 Å². The lowest BCUT2D eigenvalue weighted by atomic mass is 10.2. The van der Waals surface area contributed by atoms with E-state index in [0.29, 0.717) is 23.1 Å². The fourth-order valence-electron chi connectivity index (χ4n) is 1.58. The quantitative estimate of drug-likeness (QED) is 0.617. The van der Waals surface area contributed by atoms with Gasteiger partial charge in [-0.1, -0.05) is 18.2 Å². The molecule has 0 bridgehead atoms. The van der Waals surface area contributed by atoms with Gasteiger partial charge in [0.15, 0.2) is 5.82 Å². The molecule has 0 radical (unpaired) electrons. The van der Waals surface area contributed by atoms with Crippen molar-refractivity contribution >= 4 is 5.82 Å².